The Labute approximate surface area is 151 Å². The van der Waals surface area contributed by atoms with Crippen LogP contribution in [-0.2, 0) is 19.2 Å². The van der Waals surface area contributed by atoms with Crippen LogP contribution in [0.5, 0.6) is 0 Å². The van der Waals surface area contributed by atoms with Crippen LogP contribution in [0.25, 0.3) is 0 Å². The van der Waals surface area contributed by atoms with Gasteiger partial charge in [-0.1, -0.05) is 27.2 Å². The highest BCUT2D eigenvalue weighted by Gasteiger charge is 2.32. The fourth-order valence-corrected chi connectivity index (χ4v) is 2.36. The quantitative estimate of drug-likeness (QED) is 0.362. The summed E-state index contributed by atoms with van der Waals surface area (Å²) >= 11 is 0. The van der Waals surface area contributed by atoms with Gasteiger partial charge in [-0.3, -0.25) is 14.4 Å². The maximum absolute atomic E-state index is 12.6. The molecule has 0 bridgehead atoms. The average Bonchev–Trinajstić information content (AvgIpc) is 2.57. The Balaban J connectivity index is 5.12. The molecule has 2 unspecified atom stereocenters. The third kappa shape index (κ3) is 7.42. The lowest BCUT2D eigenvalue weighted by Crippen LogP contribution is -2.56. The standard InChI is InChI=1S/C16H27F2N3O5/c1-5-8(3)12(19-4)15(24)20-9(6-2)14(23)21-10(7-11(17)18)13(22)16(25)26/h8-12,19H,5-7H2,1-4H3,(H,20,24)(H,21,23)(H,25,26)/t8?,9-,10?,12-/m0/s1. The first kappa shape index (κ1) is 23.9. The SMILES string of the molecule is CCC(C)[C@H](NC)C(=O)N[C@@H](CC)C(=O)NC(CC(F)F)C(=O)C(=O)O. The number of likely N-dealkylation sites (N-methyl/N-ethyl adjacent to an activating group) is 1. The molecule has 150 valence electrons. The Morgan fingerprint density at radius 2 is 1.50 bits per heavy atom. The van der Waals surface area contributed by atoms with Crippen molar-refractivity contribution in [2.24, 2.45) is 5.92 Å². The van der Waals surface area contributed by atoms with Gasteiger partial charge in [0.1, 0.15) is 12.1 Å². The third-order valence-electron chi connectivity index (χ3n) is 4.11. The number of hydrogen-bond donors (Lipinski definition) is 4. The number of carboxylic acid groups (broad SMARTS) is 1. The van der Waals surface area contributed by atoms with E-state index in [-0.39, 0.29) is 12.3 Å². The molecule has 0 radical (unpaired) electrons. The molecule has 0 aliphatic rings. The van der Waals surface area contributed by atoms with E-state index in [0.29, 0.717) is 6.42 Å². The molecular weight excluding hydrogens is 352 g/mol. The zero-order chi connectivity index (χ0) is 20.4. The Bertz CT molecular complexity index is 516. The van der Waals surface area contributed by atoms with Crippen LogP contribution in [-0.4, -0.2) is 60.3 Å². The minimum absolute atomic E-state index is 0.0132. The van der Waals surface area contributed by atoms with Crippen LogP contribution in [0.3, 0.4) is 0 Å². The monoisotopic (exact) mass is 379 g/mol. The summed E-state index contributed by atoms with van der Waals surface area (Å²) in [5, 5.41) is 16.0. The molecule has 0 saturated heterocycles. The largest absolute Gasteiger partial charge is 0.475 e. The maximum Gasteiger partial charge on any atom is 0.374 e. The lowest BCUT2D eigenvalue weighted by atomic mass is 9.98. The summed E-state index contributed by atoms with van der Waals surface area (Å²) in [6.45, 7) is 5.34. The molecule has 0 spiro atoms. The van der Waals surface area contributed by atoms with E-state index in [1.54, 1.807) is 14.0 Å². The molecule has 0 rings (SSSR count). The molecule has 0 fully saturated rings. The average molecular weight is 379 g/mol. The molecule has 0 aromatic heterocycles. The van der Waals surface area contributed by atoms with Crippen molar-refractivity contribution >= 4 is 23.6 Å². The minimum Gasteiger partial charge on any atom is -0.475 e. The summed E-state index contributed by atoms with van der Waals surface area (Å²) in [5.41, 5.74) is 0. The fourth-order valence-electron chi connectivity index (χ4n) is 2.36. The van der Waals surface area contributed by atoms with Gasteiger partial charge in [0.15, 0.2) is 0 Å². The van der Waals surface area contributed by atoms with Crippen LogP contribution in [0.4, 0.5) is 8.78 Å². The van der Waals surface area contributed by atoms with Gasteiger partial charge in [0.05, 0.1) is 6.04 Å². The van der Waals surface area contributed by atoms with Crippen molar-refractivity contribution in [1.82, 2.24) is 16.0 Å². The van der Waals surface area contributed by atoms with Gasteiger partial charge in [-0.2, -0.15) is 0 Å². The Hall–Kier alpha value is -2.10. The fraction of sp³-hybridized carbons (Fsp3) is 0.750. The van der Waals surface area contributed by atoms with Crippen molar-refractivity contribution in [2.45, 2.75) is 64.6 Å². The number of rotatable bonds is 12. The molecular formula is C16H27F2N3O5. The molecule has 0 saturated carbocycles. The second-order valence-corrected chi connectivity index (χ2v) is 5.98. The number of carboxylic acids is 1. The molecule has 0 aromatic rings. The highest BCUT2D eigenvalue weighted by Crippen LogP contribution is 2.09. The van der Waals surface area contributed by atoms with Crippen LogP contribution < -0.4 is 16.0 Å². The molecule has 0 heterocycles. The Morgan fingerprint density at radius 1 is 0.962 bits per heavy atom. The van der Waals surface area contributed by atoms with Crippen molar-refractivity contribution < 1.29 is 33.1 Å². The third-order valence-corrected chi connectivity index (χ3v) is 4.11. The van der Waals surface area contributed by atoms with Gasteiger partial charge in [0.25, 0.3) is 5.78 Å². The van der Waals surface area contributed by atoms with E-state index in [1.165, 1.54) is 0 Å². The van der Waals surface area contributed by atoms with Gasteiger partial charge in [-0.05, 0) is 19.4 Å². The normalized spacial score (nSPS) is 15.7. The van der Waals surface area contributed by atoms with Crippen LogP contribution in [0.1, 0.15) is 40.0 Å². The number of hydrogen-bond acceptors (Lipinski definition) is 5. The minimum atomic E-state index is -2.97. The van der Waals surface area contributed by atoms with Crippen LogP contribution in [0.15, 0.2) is 0 Å². The number of carbonyl (C=O) groups is 4. The lowest BCUT2D eigenvalue weighted by molar-refractivity contribution is -0.151. The van der Waals surface area contributed by atoms with E-state index >= 15 is 0 Å². The smallest absolute Gasteiger partial charge is 0.374 e. The Kier molecular flexibility index (Phi) is 10.6. The van der Waals surface area contributed by atoms with Gasteiger partial charge in [-0.25, -0.2) is 13.6 Å². The highest BCUT2D eigenvalue weighted by molar-refractivity contribution is 6.35. The van der Waals surface area contributed by atoms with Crippen molar-refractivity contribution in [2.75, 3.05) is 7.05 Å². The van der Waals surface area contributed by atoms with E-state index in [2.05, 4.69) is 10.6 Å². The molecule has 10 heteroatoms. The topological polar surface area (TPSA) is 125 Å². The van der Waals surface area contributed by atoms with E-state index in [4.69, 9.17) is 5.11 Å². The van der Waals surface area contributed by atoms with Gasteiger partial charge in [0.2, 0.25) is 18.2 Å². The number of ketones is 1. The summed E-state index contributed by atoms with van der Waals surface area (Å²) in [6.07, 6.45) is -3.24. The lowest BCUT2D eigenvalue weighted by Gasteiger charge is -2.25. The summed E-state index contributed by atoms with van der Waals surface area (Å²) in [4.78, 5) is 46.8. The molecule has 2 amide bonds. The number of halogens is 2. The molecule has 0 aliphatic heterocycles. The highest BCUT2D eigenvalue weighted by atomic mass is 19.3. The van der Waals surface area contributed by atoms with E-state index < -0.39 is 54.5 Å². The number of Topliss-reactive ketones (excluding diaryl/α,β-unsaturated/α-hetero) is 1. The molecule has 26 heavy (non-hydrogen) atoms. The first-order valence-electron chi connectivity index (χ1n) is 8.42. The second-order valence-electron chi connectivity index (χ2n) is 5.98. The summed E-state index contributed by atoms with van der Waals surface area (Å²) in [5.74, 6) is -4.80. The van der Waals surface area contributed by atoms with Gasteiger partial charge in [0, 0.05) is 6.42 Å². The predicted molar refractivity (Wildman–Crippen MR) is 89.7 cm³/mol. The number of aliphatic carboxylic acids is 1. The second kappa shape index (κ2) is 11.5. The summed E-state index contributed by atoms with van der Waals surface area (Å²) in [7, 11) is 1.60. The van der Waals surface area contributed by atoms with Crippen molar-refractivity contribution in [3.8, 4) is 0 Å². The first-order valence-corrected chi connectivity index (χ1v) is 8.42. The summed E-state index contributed by atoms with van der Waals surface area (Å²) in [6, 6.07) is -3.50. The maximum atomic E-state index is 12.6. The summed E-state index contributed by atoms with van der Waals surface area (Å²) < 4.78 is 25.1. The zero-order valence-electron chi connectivity index (χ0n) is 15.3. The first-order chi connectivity index (χ1) is 12.1. The van der Waals surface area contributed by atoms with Crippen LogP contribution >= 0.6 is 0 Å². The number of amides is 2. The van der Waals surface area contributed by atoms with E-state index in [9.17, 15) is 28.0 Å². The van der Waals surface area contributed by atoms with Crippen LogP contribution in [0.2, 0.25) is 0 Å². The van der Waals surface area contributed by atoms with Gasteiger partial charge < -0.3 is 21.1 Å². The molecule has 8 nitrogen and oxygen atoms in total. The molecule has 4 atom stereocenters. The predicted octanol–water partition coefficient (Wildman–Crippen LogP) is 0.309. The van der Waals surface area contributed by atoms with E-state index in [0.717, 1.165) is 0 Å². The van der Waals surface area contributed by atoms with E-state index in [1.807, 2.05) is 19.2 Å². The molecule has 0 aliphatic carbocycles. The number of alkyl halides is 2. The zero-order valence-corrected chi connectivity index (χ0v) is 15.3. The van der Waals surface area contributed by atoms with Crippen LogP contribution in [0, 0.1) is 5.92 Å². The van der Waals surface area contributed by atoms with Gasteiger partial charge in [-0.15, -0.1) is 0 Å². The number of carbonyl (C=O) groups excluding carboxylic acids is 3. The van der Waals surface area contributed by atoms with Crippen molar-refractivity contribution in [3.63, 3.8) is 0 Å². The Morgan fingerprint density at radius 3 is 1.88 bits per heavy atom. The molecule has 0 aromatic carbocycles. The van der Waals surface area contributed by atoms with Crippen molar-refractivity contribution in [3.05, 3.63) is 0 Å². The molecule has 4 N–H and O–H groups in total. The van der Waals surface area contributed by atoms with Gasteiger partial charge >= 0.3 is 5.97 Å². The van der Waals surface area contributed by atoms with Crippen molar-refractivity contribution in [1.29, 1.82) is 0 Å². The number of nitrogens with one attached hydrogen (secondary N) is 3.